The molecule has 1 aromatic heterocycles. The fourth-order valence-electron chi connectivity index (χ4n) is 0.609. The third-order valence-corrected chi connectivity index (χ3v) is 2.28. The van der Waals surface area contributed by atoms with Crippen molar-refractivity contribution < 1.29 is 0 Å². The molecular formula is C6H5Cl2N3S. The number of aromatic nitrogens is 2. The summed E-state index contributed by atoms with van der Waals surface area (Å²) < 4.78 is 0. The van der Waals surface area contributed by atoms with Crippen molar-refractivity contribution in [2.45, 2.75) is 5.16 Å². The molecule has 0 atom stereocenters. The maximum absolute atomic E-state index is 6.97. The fraction of sp³-hybridized carbons (Fsp3) is 0.167. The molecule has 0 bridgehead atoms. The summed E-state index contributed by atoms with van der Waals surface area (Å²) in [6.07, 6.45) is 2.86. The summed E-state index contributed by atoms with van der Waals surface area (Å²) in [6.45, 7) is 0. The monoisotopic (exact) mass is 221 g/mol. The molecule has 0 aliphatic rings. The largest absolute Gasteiger partial charge is 0.308 e. The number of halogens is 2. The van der Waals surface area contributed by atoms with Crippen LogP contribution in [0, 0.1) is 5.41 Å². The zero-order chi connectivity index (χ0) is 9.14. The number of hydrogen-bond donors (Lipinski definition) is 1. The lowest BCUT2D eigenvalue weighted by Crippen LogP contribution is -1.94. The number of hydrogen-bond acceptors (Lipinski definition) is 4. The molecule has 0 aliphatic heterocycles. The molecule has 0 amide bonds. The highest BCUT2D eigenvalue weighted by Gasteiger charge is 2.08. The molecule has 1 rings (SSSR count). The van der Waals surface area contributed by atoms with Crippen molar-refractivity contribution in [3.8, 4) is 0 Å². The van der Waals surface area contributed by atoms with Crippen molar-refractivity contribution in [1.29, 1.82) is 5.41 Å². The third kappa shape index (κ3) is 1.88. The van der Waals surface area contributed by atoms with E-state index in [1.54, 1.807) is 0 Å². The van der Waals surface area contributed by atoms with Gasteiger partial charge in [-0.15, -0.1) is 0 Å². The van der Waals surface area contributed by atoms with Crippen LogP contribution in [0.25, 0.3) is 0 Å². The maximum atomic E-state index is 6.97. The van der Waals surface area contributed by atoms with Gasteiger partial charge in [0.25, 0.3) is 0 Å². The van der Waals surface area contributed by atoms with Gasteiger partial charge in [-0.3, -0.25) is 0 Å². The van der Waals surface area contributed by atoms with Crippen LogP contribution in [-0.2, 0) is 0 Å². The average molecular weight is 222 g/mol. The Kier molecular flexibility index (Phi) is 3.31. The Labute approximate surface area is 84.0 Å². The van der Waals surface area contributed by atoms with Crippen LogP contribution < -0.4 is 0 Å². The minimum atomic E-state index is 0.217. The number of rotatable bonds is 2. The molecule has 0 aliphatic carbocycles. The van der Waals surface area contributed by atoms with E-state index in [4.69, 9.17) is 28.6 Å². The molecule has 0 spiro atoms. The topological polar surface area (TPSA) is 49.6 Å². The van der Waals surface area contributed by atoms with E-state index in [1.165, 1.54) is 11.8 Å². The first-order chi connectivity index (χ1) is 5.69. The maximum Gasteiger partial charge on any atom is 0.190 e. The standard InChI is InChI=1S/C6H5Cl2N3S/c1-12-6-10-4(7)3(2-9)5(8)11-6/h2,9H,1H3. The second-order valence-corrected chi connectivity index (χ2v) is 3.34. The predicted octanol–water partition coefficient (Wildman–Crippen LogP) is 2.50. The molecule has 0 aromatic carbocycles. The second kappa shape index (κ2) is 4.07. The first kappa shape index (κ1) is 9.77. The van der Waals surface area contributed by atoms with Crippen LogP contribution >= 0.6 is 35.0 Å². The average Bonchev–Trinajstić information content (AvgIpc) is 2.03. The Hall–Kier alpha value is -0.320. The van der Waals surface area contributed by atoms with E-state index in [0.29, 0.717) is 10.7 Å². The van der Waals surface area contributed by atoms with E-state index in [0.717, 1.165) is 6.21 Å². The van der Waals surface area contributed by atoms with Crippen LogP contribution in [0.3, 0.4) is 0 Å². The summed E-state index contributed by atoms with van der Waals surface area (Å²) in [6, 6.07) is 0. The van der Waals surface area contributed by atoms with Gasteiger partial charge >= 0.3 is 0 Å². The molecule has 3 nitrogen and oxygen atoms in total. The summed E-state index contributed by atoms with van der Waals surface area (Å²) in [5.41, 5.74) is 0.358. The molecular weight excluding hydrogens is 217 g/mol. The van der Waals surface area contributed by atoms with E-state index in [9.17, 15) is 0 Å². The molecule has 0 saturated carbocycles. The van der Waals surface area contributed by atoms with E-state index < -0.39 is 0 Å². The minimum absolute atomic E-state index is 0.217. The predicted molar refractivity (Wildman–Crippen MR) is 51.7 cm³/mol. The summed E-state index contributed by atoms with van der Waals surface area (Å²) in [7, 11) is 0. The van der Waals surface area contributed by atoms with Crippen molar-refractivity contribution in [1.82, 2.24) is 9.97 Å². The van der Waals surface area contributed by atoms with E-state index >= 15 is 0 Å². The van der Waals surface area contributed by atoms with Crippen molar-refractivity contribution in [2.75, 3.05) is 6.26 Å². The van der Waals surface area contributed by atoms with Gasteiger partial charge in [0.2, 0.25) is 0 Å². The van der Waals surface area contributed by atoms with Gasteiger partial charge < -0.3 is 5.41 Å². The summed E-state index contributed by atoms with van der Waals surface area (Å²) >= 11 is 12.8. The second-order valence-electron chi connectivity index (χ2n) is 1.85. The van der Waals surface area contributed by atoms with Crippen LogP contribution in [0.4, 0.5) is 0 Å². The molecule has 0 fully saturated rings. The molecule has 0 unspecified atom stereocenters. The Morgan fingerprint density at radius 2 is 1.83 bits per heavy atom. The number of thioether (sulfide) groups is 1. The lowest BCUT2D eigenvalue weighted by Gasteiger charge is -2.00. The lowest BCUT2D eigenvalue weighted by molar-refractivity contribution is 0.968. The Balaban J connectivity index is 3.27. The highest BCUT2D eigenvalue weighted by atomic mass is 35.5. The molecule has 0 radical (unpaired) electrons. The third-order valence-electron chi connectivity index (χ3n) is 1.16. The highest BCUT2D eigenvalue weighted by Crippen LogP contribution is 2.22. The SMILES string of the molecule is CSc1nc(Cl)c(C=N)c(Cl)n1. The zero-order valence-electron chi connectivity index (χ0n) is 6.14. The van der Waals surface area contributed by atoms with Crippen molar-refractivity contribution in [3.63, 3.8) is 0 Å². The first-order valence-electron chi connectivity index (χ1n) is 2.96. The summed E-state index contributed by atoms with van der Waals surface area (Å²) in [5, 5.41) is 7.92. The van der Waals surface area contributed by atoms with E-state index in [-0.39, 0.29) is 10.3 Å². The van der Waals surface area contributed by atoms with Gasteiger partial charge in [-0.2, -0.15) is 0 Å². The van der Waals surface area contributed by atoms with E-state index in [2.05, 4.69) is 9.97 Å². The number of nitrogens with zero attached hydrogens (tertiary/aromatic N) is 2. The van der Waals surface area contributed by atoms with Gasteiger partial charge in [-0.1, -0.05) is 35.0 Å². The van der Waals surface area contributed by atoms with Gasteiger partial charge in [0.1, 0.15) is 10.3 Å². The highest BCUT2D eigenvalue weighted by molar-refractivity contribution is 7.98. The zero-order valence-corrected chi connectivity index (χ0v) is 8.46. The van der Waals surface area contributed by atoms with Gasteiger partial charge in [0.05, 0.1) is 5.56 Å². The molecule has 1 heterocycles. The normalized spacial score (nSPS) is 9.92. The Bertz CT molecular complexity index is 293. The molecule has 1 aromatic rings. The minimum Gasteiger partial charge on any atom is -0.308 e. The van der Waals surface area contributed by atoms with Gasteiger partial charge in [0.15, 0.2) is 5.16 Å². The van der Waals surface area contributed by atoms with Crippen LogP contribution in [0.5, 0.6) is 0 Å². The van der Waals surface area contributed by atoms with Crippen molar-refractivity contribution >= 4 is 41.2 Å². The van der Waals surface area contributed by atoms with E-state index in [1.807, 2.05) is 6.26 Å². The molecule has 64 valence electrons. The molecule has 0 saturated heterocycles. The first-order valence-corrected chi connectivity index (χ1v) is 4.94. The van der Waals surface area contributed by atoms with Crippen LogP contribution in [0.15, 0.2) is 5.16 Å². The summed E-state index contributed by atoms with van der Waals surface area (Å²) in [4.78, 5) is 7.81. The molecule has 6 heteroatoms. The number of nitrogens with one attached hydrogen (secondary N) is 1. The quantitative estimate of drug-likeness (QED) is 0.362. The van der Waals surface area contributed by atoms with Gasteiger partial charge in [-0.25, -0.2) is 9.97 Å². The Morgan fingerprint density at radius 1 is 1.33 bits per heavy atom. The van der Waals surface area contributed by atoms with Gasteiger partial charge in [0, 0.05) is 6.21 Å². The molecule has 12 heavy (non-hydrogen) atoms. The van der Waals surface area contributed by atoms with Gasteiger partial charge in [-0.05, 0) is 6.26 Å². The smallest absolute Gasteiger partial charge is 0.190 e. The van der Waals surface area contributed by atoms with Crippen molar-refractivity contribution in [3.05, 3.63) is 15.9 Å². The van der Waals surface area contributed by atoms with Crippen LogP contribution in [0.1, 0.15) is 5.56 Å². The fourth-order valence-corrected chi connectivity index (χ4v) is 1.57. The lowest BCUT2D eigenvalue weighted by atomic mass is 10.4. The van der Waals surface area contributed by atoms with Crippen LogP contribution in [-0.4, -0.2) is 22.4 Å². The van der Waals surface area contributed by atoms with Crippen LogP contribution in [0.2, 0.25) is 10.3 Å². The Morgan fingerprint density at radius 3 is 2.17 bits per heavy atom. The molecule has 1 N–H and O–H groups in total. The van der Waals surface area contributed by atoms with Crippen molar-refractivity contribution in [2.24, 2.45) is 0 Å². The summed E-state index contributed by atoms with van der Waals surface area (Å²) in [5.74, 6) is 0.